The lowest BCUT2D eigenvalue weighted by Crippen LogP contribution is -2.52. The number of carbonyl (C=O) groups excluding carboxylic acids is 1. The average molecular weight is 303 g/mol. The van der Waals surface area contributed by atoms with Crippen molar-refractivity contribution in [2.75, 3.05) is 37.6 Å². The molecule has 0 radical (unpaired) electrons. The van der Waals surface area contributed by atoms with Gasteiger partial charge < -0.3 is 15.3 Å². The van der Waals surface area contributed by atoms with Gasteiger partial charge in [-0.25, -0.2) is 4.79 Å². The van der Waals surface area contributed by atoms with E-state index in [1.54, 1.807) is 17.0 Å². The quantitative estimate of drug-likeness (QED) is 0.854. The fourth-order valence-corrected chi connectivity index (χ4v) is 3.20. The molecule has 2 N–H and O–H groups in total. The van der Waals surface area contributed by atoms with Crippen LogP contribution in [0.3, 0.4) is 0 Å². The van der Waals surface area contributed by atoms with Crippen molar-refractivity contribution in [1.82, 2.24) is 10.2 Å². The molecule has 118 valence electrons. The molecular formula is C16H21N3O3. The van der Waals surface area contributed by atoms with Crippen molar-refractivity contribution >= 4 is 17.6 Å². The van der Waals surface area contributed by atoms with Crippen molar-refractivity contribution in [3.05, 3.63) is 29.3 Å². The molecule has 0 aromatic heterocycles. The molecule has 1 atom stereocenters. The number of benzene rings is 1. The SMILES string of the molecule is C[C@@H]1CN(CC(=O)N2CCc3ccc(C(=O)O)cc32)CCN1. The van der Waals surface area contributed by atoms with E-state index in [1.807, 2.05) is 6.07 Å². The molecule has 0 saturated carbocycles. The van der Waals surface area contributed by atoms with Crippen LogP contribution in [0.2, 0.25) is 0 Å². The third-order valence-electron chi connectivity index (χ3n) is 4.34. The van der Waals surface area contributed by atoms with Gasteiger partial charge in [-0.15, -0.1) is 0 Å². The van der Waals surface area contributed by atoms with E-state index in [-0.39, 0.29) is 11.5 Å². The van der Waals surface area contributed by atoms with E-state index in [0.717, 1.165) is 37.3 Å². The first-order valence-corrected chi connectivity index (χ1v) is 7.67. The monoisotopic (exact) mass is 303 g/mol. The first-order chi connectivity index (χ1) is 10.5. The van der Waals surface area contributed by atoms with Crippen molar-refractivity contribution in [2.45, 2.75) is 19.4 Å². The summed E-state index contributed by atoms with van der Waals surface area (Å²) in [7, 11) is 0. The molecule has 6 heteroatoms. The number of nitrogens with zero attached hydrogens (tertiary/aromatic N) is 2. The molecule has 1 amide bonds. The number of anilines is 1. The molecule has 0 bridgehead atoms. The Balaban J connectivity index is 1.73. The van der Waals surface area contributed by atoms with Gasteiger partial charge >= 0.3 is 5.97 Å². The van der Waals surface area contributed by atoms with Crippen LogP contribution in [0.4, 0.5) is 5.69 Å². The van der Waals surface area contributed by atoms with E-state index in [0.29, 0.717) is 19.1 Å². The van der Waals surface area contributed by atoms with Crippen LogP contribution in [0.1, 0.15) is 22.8 Å². The van der Waals surface area contributed by atoms with Crippen LogP contribution in [0.25, 0.3) is 0 Å². The molecule has 6 nitrogen and oxygen atoms in total. The highest BCUT2D eigenvalue weighted by Gasteiger charge is 2.27. The Labute approximate surface area is 129 Å². The molecule has 1 aromatic rings. The summed E-state index contributed by atoms with van der Waals surface area (Å²) in [6.07, 6.45) is 0.791. The number of hydrogen-bond donors (Lipinski definition) is 2. The molecule has 2 heterocycles. The lowest BCUT2D eigenvalue weighted by Gasteiger charge is -2.32. The Morgan fingerprint density at radius 3 is 2.91 bits per heavy atom. The number of fused-ring (bicyclic) bond motifs is 1. The highest BCUT2D eigenvalue weighted by Crippen LogP contribution is 2.29. The summed E-state index contributed by atoms with van der Waals surface area (Å²) in [5.74, 6) is -0.909. The first kappa shape index (κ1) is 15.0. The molecular weight excluding hydrogens is 282 g/mol. The van der Waals surface area contributed by atoms with Gasteiger partial charge in [-0.05, 0) is 31.0 Å². The molecule has 2 aliphatic heterocycles. The zero-order valence-electron chi connectivity index (χ0n) is 12.7. The van der Waals surface area contributed by atoms with Crippen molar-refractivity contribution in [3.8, 4) is 0 Å². The van der Waals surface area contributed by atoms with E-state index in [2.05, 4.69) is 17.1 Å². The number of rotatable bonds is 3. The molecule has 3 rings (SSSR count). The second kappa shape index (κ2) is 6.06. The van der Waals surface area contributed by atoms with Crippen LogP contribution in [0.5, 0.6) is 0 Å². The highest BCUT2D eigenvalue weighted by atomic mass is 16.4. The van der Waals surface area contributed by atoms with Crippen molar-refractivity contribution in [1.29, 1.82) is 0 Å². The molecule has 1 saturated heterocycles. The lowest BCUT2D eigenvalue weighted by molar-refractivity contribution is -0.119. The summed E-state index contributed by atoms with van der Waals surface area (Å²) in [5.41, 5.74) is 2.04. The molecule has 2 aliphatic rings. The highest BCUT2D eigenvalue weighted by molar-refractivity contribution is 5.98. The number of aromatic carboxylic acids is 1. The van der Waals surface area contributed by atoms with Crippen molar-refractivity contribution in [2.24, 2.45) is 0 Å². The van der Waals surface area contributed by atoms with Gasteiger partial charge in [-0.2, -0.15) is 0 Å². The number of carbonyl (C=O) groups is 2. The maximum Gasteiger partial charge on any atom is 0.335 e. The number of amides is 1. The normalized spacial score (nSPS) is 21.7. The summed E-state index contributed by atoms with van der Waals surface area (Å²) in [6.45, 7) is 5.77. The van der Waals surface area contributed by atoms with Gasteiger partial charge in [0, 0.05) is 37.9 Å². The summed E-state index contributed by atoms with van der Waals surface area (Å²) < 4.78 is 0. The van der Waals surface area contributed by atoms with Gasteiger partial charge in [0.25, 0.3) is 0 Å². The Morgan fingerprint density at radius 2 is 2.18 bits per heavy atom. The third kappa shape index (κ3) is 2.98. The molecule has 1 aromatic carbocycles. The Morgan fingerprint density at radius 1 is 1.36 bits per heavy atom. The van der Waals surface area contributed by atoms with Crippen LogP contribution in [0, 0.1) is 0 Å². The summed E-state index contributed by atoms with van der Waals surface area (Å²) in [6, 6.07) is 5.43. The van der Waals surface area contributed by atoms with Crippen LogP contribution in [0.15, 0.2) is 18.2 Å². The maximum atomic E-state index is 12.6. The van der Waals surface area contributed by atoms with Crippen LogP contribution < -0.4 is 10.2 Å². The topological polar surface area (TPSA) is 72.9 Å². The van der Waals surface area contributed by atoms with Crippen LogP contribution in [-0.4, -0.2) is 60.6 Å². The van der Waals surface area contributed by atoms with E-state index in [1.165, 1.54) is 0 Å². The number of carboxylic acids is 1. The van der Waals surface area contributed by atoms with Crippen LogP contribution >= 0.6 is 0 Å². The summed E-state index contributed by atoms with van der Waals surface area (Å²) in [5, 5.41) is 12.5. The van der Waals surface area contributed by atoms with E-state index in [4.69, 9.17) is 5.11 Å². The molecule has 22 heavy (non-hydrogen) atoms. The minimum absolute atomic E-state index is 0.0513. The van der Waals surface area contributed by atoms with Crippen molar-refractivity contribution < 1.29 is 14.7 Å². The summed E-state index contributed by atoms with van der Waals surface area (Å²) >= 11 is 0. The predicted molar refractivity (Wildman–Crippen MR) is 83.4 cm³/mol. The number of carboxylic acid groups (broad SMARTS) is 1. The van der Waals surface area contributed by atoms with Crippen molar-refractivity contribution in [3.63, 3.8) is 0 Å². The Hall–Kier alpha value is -1.92. The number of nitrogens with one attached hydrogen (secondary N) is 1. The zero-order chi connectivity index (χ0) is 15.7. The number of piperazine rings is 1. The van der Waals surface area contributed by atoms with Gasteiger partial charge in [-0.3, -0.25) is 9.69 Å². The standard InChI is InChI=1S/C16H21N3O3/c1-11-9-18(7-5-17-11)10-15(20)19-6-4-12-2-3-13(16(21)22)8-14(12)19/h2-3,8,11,17H,4-7,9-10H2,1H3,(H,21,22)/t11-/m1/s1. The fraction of sp³-hybridized carbons (Fsp3) is 0.500. The van der Waals surface area contributed by atoms with Gasteiger partial charge in [0.15, 0.2) is 0 Å². The average Bonchev–Trinajstić information content (AvgIpc) is 2.90. The number of hydrogen-bond acceptors (Lipinski definition) is 4. The molecule has 0 spiro atoms. The molecule has 1 fully saturated rings. The Bertz CT molecular complexity index is 602. The van der Waals surface area contributed by atoms with Gasteiger partial charge in [-0.1, -0.05) is 6.07 Å². The first-order valence-electron chi connectivity index (χ1n) is 7.67. The minimum atomic E-state index is -0.960. The van der Waals surface area contributed by atoms with Gasteiger partial charge in [0.05, 0.1) is 12.1 Å². The minimum Gasteiger partial charge on any atom is -0.478 e. The predicted octanol–water partition coefficient (Wildman–Crippen LogP) is 0.568. The second-order valence-corrected chi connectivity index (χ2v) is 6.03. The smallest absolute Gasteiger partial charge is 0.335 e. The summed E-state index contributed by atoms with van der Waals surface area (Å²) in [4.78, 5) is 27.6. The molecule has 0 aliphatic carbocycles. The van der Waals surface area contributed by atoms with E-state index >= 15 is 0 Å². The van der Waals surface area contributed by atoms with Crippen LogP contribution in [-0.2, 0) is 11.2 Å². The molecule has 0 unspecified atom stereocenters. The van der Waals surface area contributed by atoms with E-state index < -0.39 is 5.97 Å². The Kier molecular flexibility index (Phi) is 4.13. The fourth-order valence-electron chi connectivity index (χ4n) is 3.20. The van der Waals surface area contributed by atoms with E-state index in [9.17, 15) is 9.59 Å². The van der Waals surface area contributed by atoms with Gasteiger partial charge in [0.2, 0.25) is 5.91 Å². The zero-order valence-corrected chi connectivity index (χ0v) is 12.7. The second-order valence-electron chi connectivity index (χ2n) is 6.03. The lowest BCUT2D eigenvalue weighted by atomic mass is 10.1. The largest absolute Gasteiger partial charge is 0.478 e. The third-order valence-corrected chi connectivity index (χ3v) is 4.34. The maximum absolute atomic E-state index is 12.6. The van der Waals surface area contributed by atoms with Gasteiger partial charge in [0.1, 0.15) is 0 Å².